The minimum atomic E-state index is -1.24. The molecule has 160 valence electrons. The lowest BCUT2D eigenvalue weighted by atomic mass is 9.59. The predicted molar refractivity (Wildman–Crippen MR) is 119 cm³/mol. The second kappa shape index (κ2) is 7.70. The molecule has 2 amide bonds. The molecular formula is C23H20Cl2N2O4. The normalized spacial score (nSPS) is 24.4. The Labute approximate surface area is 189 Å². The van der Waals surface area contributed by atoms with Crippen molar-refractivity contribution in [3.05, 3.63) is 75.3 Å². The van der Waals surface area contributed by atoms with E-state index in [1.807, 2.05) is 0 Å². The summed E-state index contributed by atoms with van der Waals surface area (Å²) in [5.74, 6) is -1.83. The van der Waals surface area contributed by atoms with E-state index in [1.165, 1.54) is 7.11 Å². The van der Waals surface area contributed by atoms with Crippen LogP contribution in [-0.4, -0.2) is 30.9 Å². The summed E-state index contributed by atoms with van der Waals surface area (Å²) in [6.45, 7) is 5.80. The number of fused-ring (bicyclic) bond motifs is 2. The lowest BCUT2D eigenvalue weighted by molar-refractivity contribution is -0.130. The van der Waals surface area contributed by atoms with E-state index in [9.17, 15) is 14.4 Å². The number of ether oxygens (including phenoxy) is 1. The molecule has 1 spiro atoms. The van der Waals surface area contributed by atoms with Gasteiger partial charge in [-0.2, -0.15) is 0 Å². The van der Waals surface area contributed by atoms with Crippen LogP contribution in [-0.2, 0) is 19.7 Å². The molecule has 2 heterocycles. The molecule has 4 rings (SSSR count). The van der Waals surface area contributed by atoms with Gasteiger partial charge in [0, 0.05) is 28.1 Å². The molecule has 8 heteroatoms. The SMILES string of the molecule is C=C(C)C1NC(=O)CC(c2cc(Cl)ccc2C(=O)OC)C12C(=O)Nc1cc(Cl)ccc12. The Hall–Kier alpha value is -2.83. The van der Waals surface area contributed by atoms with E-state index in [0.717, 1.165) is 0 Å². The number of anilines is 1. The number of halogens is 2. The van der Waals surface area contributed by atoms with Crippen LogP contribution in [0.4, 0.5) is 5.69 Å². The van der Waals surface area contributed by atoms with Gasteiger partial charge in [0.15, 0.2) is 0 Å². The standard InChI is InChI=1S/C23H20Cl2N2O4/c1-11(2)20-23(16-7-5-13(25)9-18(16)26-22(23)30)17(10-19(28)27-20)15-8-12(24)4-6-14(15)21(29)31-3/h4-9,17,20H,1,10H2,2-3H3,(H,26,30)(H,27,28). The lowest BCUT2D eigenvalue weighted by Crippen LogP contribution is -2.62. The van der Waals surface area contributed by atoms with Crippen LogP contribution in [0, 0.1) is 0 Å². The molecular weight excluding hydrogens is 439 g/mol. The Balaban J connectivity index is 2.05. The second-order valence-corrected chi connectivity index (χ2v) is 8.71. The van der Waals surface area contributed by atoms with Gasteiger partial charge >= 0.3 is 5.97 Å². The van der Waals surface area contributed by atoms with Gasteiger partial charge in [-0.05, 0) is 48.4 Å². The first-order chi connectivity index (χ1) is 14.7. The Morgan fingerprint density at radius 3 is 2.52 bits per heavy atom. The number of hydrogen-bond acceptors (Lipinski definition) is 4. The number of amides is 2. The van der Waals surface area contributed by atoms with Crippen LogP contribution in [0.3, 0.4) is 0 Å². The molecule has 3 unspecified atom stereocenters. The monoisotopic (exact) mass is 458 g/mol. The highest BCUT2D eigenvalue weighted by atomic mass is 35.5. The van der Waals surface area contributed by atoms with E-state index < -0.39 is 23.3 Å². The molecule has 2 N–H and O–H groups in total. The topological polar surface area (TPSA) is 84.5 Å². The van der Waals surface area contributed by atoms with E-state index in [2.05, 4.69) is 17.2 Å². The molecule has 3 atom stereocenters. The zero-order chi connectivity index (χ0) is 22.5. The van der Waals surface area contributed by atoms with Crippen molar-refractivity contribution in [2.45, 2.75) is 30.7 Å². The van der Waals surface area contributed by atoms with Crippen molar-refractivity contribution >= 4 is 46.7 Å². The summed E-state index contributed by atoms with van der Waals surface area (Å²) in [7, 11) is 1.28. The molecule has 0 saturated carbocycles. The van der Waals surface area contributed by atoms with Gasteiger partial charge in [0.25, 0.3) is 0 Å². The molecule has 6 nitrogen and oxygen atoms in total. The summed E-state index contributed by atoms with van der Waals surface area (Å²) in [5.41, 5.74) is 1.33. The van der Waals surface area contributed by atoms with Gasteiger partial charge in [-0.25, -0.2) is 4.79 Å². The van der Waals surface area contributed by atoms with Crippen LogP contribution in [0.1, 0.15) is 40.7 Å². The number of hydrogen-bond donors (Lipinski definition) is 2. The number of piperidine rings is 1. The average Bonchev–Trinajstić information content (AvgIpc) is 3.00. The molecule has 2 aliphatic heterocycles. The van der Waals surface area contributed by atoms with Crippen molar-refractivity contribution in [3.63, 3.8) is 0 Å². The van der Waals surface area contributed by atoms with Crippen LogP contribution in [0.2, 0.25) is 10.0 Å². The summed E-state index contributed by atoms with van der Waals surface area (Å²) in [6, 6.07) is 9.19. The summed E-state index contributed by atoms with van der Waals surface area (Å²) in [6.07, 6.45) is -0.0242. The fourth-order valence-corrected chi connectivity index (χ4v) is 5.18. The highest BCUT2D eigenvalue weighted by Crippen LogP contribution is 2.55. The van der Waals surface area contributed by atoms with Crippen molar-refractivity contribution in [1.82, 2.24) is 5.32 Å². The number of carbonyl (C=O) groups is 3. The summed E-state index contributed by atoms with van der Waals surface area (Å²) < 4.78 is 4.95. The van der Waals surface area contributed by atoms with Crippen molar-refractivity contribution < 1.29 is 19.1 Å². The van der Waals surface area contributed by atoms with Gasteiger partial charge in [-0.3, -0.25) is 9.59 Å². The van der Waals surface area contributed by atoms with E-state index in [1.54, 1.807) is 43.3 Å². The molecule has 1 saturated heterocycles. The fraction of sp³-hybridized carbons (Fsp3) is 0.261. The molecule has 2 aromatic carbocycles. The van der Waals surface area contributed by atoms with Crippen LogP contribution in [0.15, 0.2) is 48.6 Å². The predicted octanol–water partition coefficient (Wildman–Crippen LogP) is 4.22. The molecule has 0 bridgehead atoms. The van der Waals surface area contributed by atoms with Gasteiger partial charge in [0.2, 0.25) is 11.8 Å². The molecule has 0 aliphatic carbocycles. The van der Waals surface area contributed by atoms with Crippen LogP contribution in [0.25, 0.3) is 0 Å². The van der Waals surface area contributed by atoms with Crippen molar-refractivity contribution in [3.8, 4) is 0 Å². The van der Waals surface area contributed by atoms with Crippen LogP contribution >= 0.6 is 23.2 Å². The maximum atomic E-state index is 13.7. The summed E-state index contributed by atoms with van der Waals surface area (Å²) in [4.78, 5) is 39.0. The minimum absolute atomic E-state index is 0.0242. The lowest BCUT2D eigenvalue weighted by Gasteiger charge is -2.46. The third kappa shape index (κ3) is 3.22. The number of nitrogens with one attached hydrogen (secondary N) is 2. The van der Waals surface area contributed by atoms with Gasteiger partial charge in [0.05, 0.1) is 18.7 Å². The first-order valence-electron chi connectivity index (χ1n) is 9.64. The smallest absolute Gasteiger partial charge is 0.338 e. The fourth-order valence-electron chi connectivity index (χ4n) is 4.83. The van der Waals surface area contributed by atoms with E-state index in [0.29, 0.717) is 32.4 Å². The molecule has 31 heavy (non-hydrogen) atoms. The highest BCUT2D eigenvalue weighted by Gasteiger charge is 2.61. The van der Waals surface area contributed by atoms with E-state index in [4.69, 9.17) is 27.9 Å². The zero-order valence-electron chi connectivity index (χ0n) is 16.9. The first kappa shape index (κ1) is 21.4. The zero-order valence-corrected chi connectivity index (χ0v) is 18.4. The molecule has 1 fully saturated rings. The Bertz CT molecular complexity index is 1150. The minimum Gasteiger partial charge on any atom is -0.465 e. The molecule has 2 aromatic rings. The van der Waals surface area contributed by atoms with Gasteiger partial charge in [-0.15, -0.1) is 0 Å². The second-order valence-electron chi connectivity index (χ2n) is 7.84. The van der Waals surface area contributed by atoms with Crippen molar-refractivity contribution in [2.24, 2.45) is 0 Å². The third-order valence-electron chi connectivity index (χ3n) is 6.04. The number of methoxy groups -OCH3 is 1. The first-order valence-corrected chi connectivity index (χ1v) is 10.4. The van der Waals surface area contributed by atoms with Crippen molar-refractivity contribution in [1.29, 1.82) is 0 Å². The number of esters is 1. The number of benzene rings is 2. The Kier molecular flexibility index (Phi) is 5.31. The molecule has 2 aliphatic rings. The average molecular weight is 459 g/mol. The van der Waals surface area contributed by atoms with Crippen molar-refractivity contribution in [2.75, 3.05) is 12.4 Å². The summed E-state index contributed by atoms with van der Waals surface area (Å²) >= 11 is 12.4. The van der Waals surface area contributed by atoms with Gasteiger partial charge in [-0.1, -0.05) is 41.4 Å². The summed E-state index contributed by atoms with van der Waals surface area (Å²) in [5, 5.41) is 6.69. The number of rotatable bonds is 3. The Morgan fingerprint density at radius 2 is 1.84 bits per heavy atom. The third-order valence-corrected chi connectivity index (χ3v) is 6.51. The maximum Gasteiger partial charge on any atom is 0.338 e. The largest absolute Gasteiger partial charge is 0.465 e. The van der Waals surface area contributed by atoms with Crippen LogP contribution in [0.5, 0.6) is 0 Å². The number of carbonyl (C=O) groups excluding carboxylic acids is 3. The van der Waals surface area contributed by atoms with Crippen LogP contribution < -0.4 is 10.6 Å². The highest BCUT2D eigenvalue weighted by molar-refractivity contribution is 6.31. The molecule has 0 aromatic heterocycles. The molecule has 0 radical (unpaired) electrons. The van der Waals surface area contributed by atoms with Gasteiger partial charge < -0.3 is 15.4 Å². The quantitative estimate of drug-likeness (QED) is 0.532. The van der Waals surface area contributed by atoms with E-state index >= 15 is 0 Å². The Morgan fingerprint density at radius 1 is 1.16 bits per heavy atom. The van der Waals surface area contributed by atoms with E-state index in [-0.39, 0.29) is 23.8 Å². The maximum absolute atomic E-state index is 13.7. The van der Waals surface area contributed by atoms with Gasteiger partial charge in [0.1, 0.15) is 5.41 Å².